The highest BCUT2D eigenvalue weighted by molar-refractivity contribution is 8.93. The molecule has 0 aliphatic rings. The first kappa shape index (κ1) is 20.5. The molecular weight excluding hydrogens is 430 g/mol. The predicted octanol–water partition coefficient (Wildman–Crippen LogP) is 5.90. The summed E-state index contributed by atoms with van der Waals surface area (Å²) in [6.07, 6.45) is 0.866. The molecule has 0 atom stereocenters. The fourth-order valence-corrected chi connectivity index (χ4v) is 7.88. The van der Waals surface area contributed by atoms with Crippen LogP contribution in [0, 0.1) is 5.82 Å². The average Bonchev–Trinajstić information content (AvgIpc) is 2.75. The van der Waals surface area contributed by atoms with Gasteiger partial charge >= 0.3 is 0 Å². The Morgan fingerprint density at radius 2 is 0.857 bits per heavy atom. The minimum atomic E-state index is -1.91. The van der Waals surface area contributed by atoms with Crippen molar-refractivity contribution < 1.29 is 4.39 Å². The van der Waals surface area contributed by atoms with E-state index in [1.165, 1.54) is 15.9 Å². The number of hydrogen-bond acceptors (Lipinski definition) is 0. The largest absolute Gasteiger partial charge is 0.207 e. The summed E-state index contributed by atoms with van der Waals surface area (Å²) in [5, 5.41) is 4.02. The molecule has 4 rings (SSSR count). The Bertz CT molecular complexity index is 890. The molecule has 0 fully saturated rings. The summed E-state index contributed by atoms with van der Waals surface area (Å²) in [5.41, 5.74) is 1.15. The maximum Gasteiger partial charge on any atom is 0.123 e. The van der Waals surface area contributed by atoms with Crippen molar-refractivity contribution in [2.24, 2.45) is 0 Å². The van der Waals surface area contributed by atoms with Crippen molar-refractivity contribution in [2.75, 3.05) is 0 Å². The van der Waals surface area contributed by atoms with Crippen LogP contribution in [0.25, 0.3) is 0 Å². The molecule has 0 aromatic heterocycles. The highest BCUT2D eigenvalue weighted by atomic mass is 79.9. The summed E-state index contributed by atoms with van der Waals surface area (Å²) in [4.78, 5) is 0. The number of benzene rings is 4. The smallest absolute Gasteiger partial charge is 0.123 e. The lowest BCUT2D eigenvalue weighted by atomic mass is 10.2. The lowest BCUT2D eigenvalue weighted by Gasteiger charge is -2.38. The Hall–Kier alpha value is -2.28. The highest BCUT2D eigenvalue weighted by Gasteiger charge is 2.33. The molecule has 0 bridgehead atoms. The minimum absolute atomic E-state index is 0. The summed E-state index contributed by atoms with van der Waals surface area (Å²) in [6, 6.07) is 39.2. The van der Waals surface area contributed by atoms with E-state index >= 15 is 0 Å². The third kappa shape index (κ3) is 4.09. The molecule has 0 N–H and O–H groups in total. The topological polar surface area (TPSA) is 0 Å². The second-order valence-corrected chi connectivity index (χ2v) is 10.1. The van der Waals surface area contributed by atoms with Crippen molar-refractivity contribution >= 4 is 40.2 Å². The summed E-state index contributed by atoms with van der Waals surface area (Å²) < 4.78 is 13.5. The van der Waals surface area contributed by atoms with Gasteiger partial charge in [-0.3, -0.25) is 0 Å². The molecule has 4 aromatic rings. The molecule has 0 saturated heterocycles. The standard InChI is InChI=1S/C25H21FP.BrH/c26-22-18-16-21(17-19-22)20-27(23-10-4-1-5-11-23,24-12-6-2-7-13-24)25-14-8-3-9-15-25;/h1-19H,20H2;1H. The number of rotatable bonds is 5. The third-order valence-corrected chi connectivity index (χ3v) is 9.30. The van der Waals surface area contributed by atoms with Gasteiger partial charge in [0.15, 0.2) is 0 Å². The van der Waals surface area contributed by atoms with E-state index in [0.717, 1.165) is 11.7 Å². The fourth-order valence-electron chi connectivity index (χ4n) is 3.63. The van der Waals surface area contributed by atoms with Gasteiger partial charge in [0.25, 0.3) is 0 Å². The van der Waals surface area contributed by atoms with Gasteiger partial charge in [-0.25, -0.2) is 4.39 Å². The molecule has 0 aliphatic heterocycles. The highest BCUT2D eigenvalue weighted by Crippen LogP contribution is 2.58. The van der Waals surface area contributed by atoms with Crippen molar-refractivity contribution in [3.63, 3.8) is 0 Å². The maximum atomic E-state index is 13.5. The zero-order chi connectivity index (χ0) is 18.5. The molecule has 0 aliphatic carbocycles. The van der Waals surface area contributed by atoms with Crippen LogP contribution in [0.3, 0.4) is 0 Å². The van der Waals surface area contributed by atoms with Gasteiger partial charge < -0.3 is 0 Å². The molecule has 141 valence electrons. The molecule has 3 heteroatoms. The van der Waals surface area contributed by atoms with Crippen LogP contribution in [0.1, 0.15) is 5.56 Å². The first-order valence-corrected chi connectivity index (χ1v) is 11.1. The zero-order valence-electron chi connectivity index (χ0n) is 15.4. The number of halogens is 2. The van der Waals surface area contributed by atoms with E-state index in [4.69, 9.17) is 0 Å². The van der Waals surface area contributed by atoms with Crippen LogP contribution in [0.5, 0.6) is 0 Å². The summed E-state index contributed by atoms with van der Waals surface area (Å²) in [7, 11) is -1.91. The predicted molar refractivity (Wildman–Crippen MR) is 126 cm³/mol. The Kier molecular flexibility index (Phi) is 6.78. The van der Waals surface area contributed by atoms with Crippen LogP contribution in [0.4, 0.5) is 4.39 Å². The van der Waals surface area contributed by atoms with Crippen LogP contribution in [0.15, 0.2) is 115 Å². The second kappa shape index (κ2) is 9.28. The molecular formula is C25H22BrFP. The molecule has 0 nitrogen and oxygen atoms in total. The van der Waals surface area contributed by atoms with Gasteiger partial charge in [0.1, 0.15) is 5.82 Å². The quantitative estimate of drug-likeness (QED) is 0.331. The molecule has 0 amide bonds. The van der Waals surface area contributed by atoms with Gasteiger partial charge in [-0.2, -0.15) is 0 Å². The Morgan fingerprint density at radius 1 is 0.500 bits per heavy atom. The Morgan fingerprint density at radius 3 is 1.21 bits per heavy atom. The molecule has 0 spiro atoms. The van der Waals surface area contributed by atoms with Gasteiger partial charge in [-0.05, 0) is 40.9 Å². The average molecular weight is 452 g/mol. The van der Waals surface area contributed by atoms with Crippen molar-refractivity contribution in [3.8, 4) is 0 Å². The lowest BCUT2D eigenvalue weighted by molar-refractivity contribution is 0.627. The van der Waals surface area contributed by atoms with Gasteiger partial charge in [0.2, 0.25) is 0 Å². The zero-order valence-corrected chi connectivity index (χ0v) is 18.0. The summed E-state index contributed by atoms with van der Waals surface area (Å²) >= 11 is 0. The van der Waals surface area contributed by atoms with Crippen molar-refractivity contribution in [1.29, 1.82) is 0 Å². The monoisotopic (exact) mass is 451 g/mol. The van der Waals surface area contributed by atoms with E-state index in [9.17, 15) is 4.39 Å². The van der Waals surface area contributed by atoms with Crippen LogP contribution in [0.2, 0.25) is 0 Å². The maximum absolute atomic E-state index is 13.5. The lowest BCUT2D eigenvalue weighted by Crippen LogP contribution is -2.32. The van der Waals surface area contributed by atoms with Crippen LogP contribution < -0.4 is 15.9 Å². The van der Waals surface area contributed by atoms with Crippen LogP contribution >= 0.6 is 24.2 Å². The Labute approximate surface area is 177 Å². The van der Waals surface area contributed by atoms with Crippen molar-refractivity contribution in [1.82, 2.24) is 0 Å². The first-order valence-electron chi connectivity index (χ1n) is 9.08. The van der Waals surface area contributed by atoms with E-state index < -0.39 is 7.26 Å². The minimum Gasteiger partial charge on any atom is -0.207 e. The SMILES string of the molecule is Br.Fc1ccc(C[P](c2ccccc2)(c2ccccc2)c2ccccc2)cc1. The van der Waals surface area contributed by atoms with Crippen molar-refractivity contribution in [3.05, 3.63) is 127 Å². The van der Waals surface area contributed by atoms with E-state index in [1.807, 2.05) is 12.1 Å². The summed E-state index contributed by atoms with van der Waals surface area (Å²) in [6.45, 7) is 0. The molecule has 0 unspecified atom stereocenters. The third-order valence-electron chi connectivity index (χ3n) is 4.92. The van der Waals surface area contributed by atoms with E-state index in [2.05, 4.69) is 91.0 Å². The second-order valence-electron chi connectivity index (χ2n) is 6.60. The van der Waals surface area contributed by atoms with E-state index in [1.54, 1.807) is 12.1 Å². The molecule has 1 radical (unpaired) electrons. The van der Waals surface area contributed by atoms with Crippen LogP contribution in [-0.4, -0.2) is 0 Å². The van der Waals surface area contributed by atoms with E-state index in [0.29, 0.717) is 0 Å². The van der Waals surface area contributed by atoms with Gasteiger partial charge in [0.05, 0.1) is 0 Å². The number of hydrogen-bond donors (Lipinski definition) is 0. The van der Waals surface area contributed by atoms with Crippen LogP contribution in [-0.2, 0) is 6.16 Å². The fraction of sp³-hybridized carbons (Fsp3) is 0.0400. The normalized spacial score (nSPS) is 10.9. The summed E-state index contributed by atoms with van der Waals surface area (Å²) in [5.74, 6) is -0.193. The Balaban J connectivity index is 0.00000225. The van der Waals surface area contributed by atoms with Gasteiger partial charge in [0, 0.05) is 6.16 Å². The molecule has 0 saturated carbocycles. The molecule has 4 aromatic carbocycles. The first-order chi connectivity index (χ1) is 13.3. The van der Waals surface area contributed by atoms with Crippen molar-refractivity contribution in [2.45, 2.75) is 6.16 Å². The van der Waals surface area contributed by atoms with Gasteiger partial charge in [-0.1, -0.05) is 103 Å². The molecule has 0 heterocycles. The molecule has 28 heavy (non-hydrogen) atoms. The van der Waals surface area contributed by atoms with E-state index in [-0.39, 0.29) is 22.8 Å². The van der Waals surface area contributed by atoms with Gasteiger partial charge in [-0.15, -0.1) is 17.0 Å².